The van der Waals surface area contributed by atoms with Crippen molar-refractivity contribution in [2.75, 3.05) is 20.3 Å². The number of hydrogen-bond donors (Lipinski definition) is 1. The summed E-state index contributed by atoms with van der Waals surface area (Å²) in [4.78, 5) is 14.2. The Labute approximate surface area is 121 Å². The van der Waals surface area contributed by atoms with Gasteiger partial charge in [0.1, 0.15) is 6.17 Å². The Kier molecular flexibility index (Phi) is 5.56. The number of ether oxygens (including phenoxy) is 1. The molecule has 1 amide bonds. The highest BCUT2D eigenvalue weighted by molar-refractivity contribution is 5.84. The number of nitrogens with one attached hydrogen (secondary N) is 1. The summed E-state index contributed by atoms with van der Waals surface area (Å²) < 4.78 is 5.05. The maximum absolute atomic E-state index is 12.2. The first-order chi connectivity index (χ1) is 9.74. The second-order valence-corrected chi connectivity index (χ2v) is 5.29. The van der Waals surface area contributed by atoms with Gasteiger partial charge in [-0.15, -0.1) is 0 Å². The molecule has 1 aliphatic rings. The molecule has 110 valence electrons. The number of amides is 1. The van der Waals surface area contributed by atoms with Crippen LogP contribution in [0.25, 0.3) is 0 Å². The lowest BCUT2D eigenvalue weighted by molar-refractivity contribution is -0.129. The molecule has 1 aliphatic heterocycles. The molecule has 0 saturated carbocycles. The molecule has 4 heteroatoms. The minimum Gasteiger partial charge on any atom is -0.385 e. The zero-order valence-electron chi connectivity index (χ0n) is 12.3. The normalized spacial score (nSPS) is 22.5. The molecule has 20 heavy (non-hydrogen) atoms. The van der Waals surface area contributed by atoms with Crippen LogP contribution in [0.5, 0.6) is 0 Å². The third-order valence-corrected chi connectivity index (χ3v) is 3.74. The number of carbonyl (C=O) groups excluding carboxylic acids is 1. The average molecular weight is 276 g/mol. The Morgan fingerprint density at radius 1 is 1.20 bits per heavy atom. The van der Waals surface area contributed by atoms with E-state index in [0.717, 1.165) is 38.0 Å². The maximum Gasteiger partial charge on any atom is 0.241 e. The van der Waals surface area contributed by atoms with E-state index in [2.05, 4.69) is 17.4 Å². The van der Waals surface area contributed by atoms with Gasteiger partial charge >= 0.3 is 0 Å². The highest BCUT2D eigenvalue weighted by Gasteiger charge is 2.36. The van der Waals surface area contributed by atoms with Gasteiger partial charge in [-0.1, -0.05) is 30.3 Å². The van der Waals surface area contributed by atoms with Crippen LogP contribution in [0, 0.1) is 0 Å². The van der Waals surface area contributed by atoms with Crippen LogP contribution in [-0.2, 0) is 9.53 Å². The van der Waals surface area contributed by atoms with Gasteiger partial charge in [-0.25, -0.2) is 0 Å². The van der Waals surface area contributed by atoms with Crippen LogP contribution in [0.3, 0.4) is 0 Å². The van der Waals surface area contributed by atoms with Gasteiger partial charge in [0.25, 0.3) is 0 Å². The van der Waals surface area contributed by atoms with Crippen LogP contribution in [0.4, 0.5) is 0 Å². The third-order valence-electron chi connectivity index (χ3n) is 3.74. The van der Waals surface area contributed by atoms with E-state index in [1.807, 2.05) is 30.0 Å². The Morgan fingerprint density at radius 3 is 2.65 bits per heavy atom. The summed E-state index contributed by atoms with van der Waals surface area (Å²) >= 11 is 0. The number of carbonyl (C=O) groups is 1. The van der Waals surface area contributed by atoms with Crippen molar-refractivity contribution < 1.29 is 9.53 Å². The summed E-state index contributed by atoms with van der Waals surface area (Å²) in [6, 6.07) is 10.1. The average Bonchev–Trinajstić information content (AvgIpc) is 2.76. The zero-order chi connectivity index (χ0) is 14.4. The predicted octanol–water partition coefficient (Wildman–Crippen LogP) is 2.32. The van der Waals surface area contributed by atoms with E-state index < -0.39 is 0 Å². The van der Waals surface area contributed by atoms with E-state index in [1.165, 1.54) is 0 Å². The molecule has 1 aromatic carbocycles. The Bertz CT molecular complexity index is 422. The smallest absolute Gasteiger partial charge is 0.241 e. The van der Waals surface area contributed by atoms with E-state index in [0.29, 0.717) is 0 Å². The summed E-state index contributed by atoms with van der Waals surface area (Å²) in [7, 11) is 1.72. The minimum absolute atomic E-state index is 0.0149. The molecule has 1 saturated heterocycles. The molecule has 4 nitrogen and oxygen atoms in total. The highest BCUT2D eigenvalue weighted by atomic mass is 16.5. The largest absolute Gasteiger partial charge is 0.385 e. The number of hydrogen-bond acceptors (Lipinski definition) is 3. The summed E-state index contributed by atoms with van der Waals surface area (Å²) in [5.41, 5.74) is 1.15. The lowest BCUT2D eigenvalue weighted by Gasteiger charge is -2.24. The molecule has 0 bridgehead atoms. The monoisotopic (exact) mass is 276 g/mol. The first-order valence-corrected chi connectivity index (χ1v) is 7.34. The molecule has 2 atom stereocenters. The van der Waals surface area contributed by atoms with Gasteiger partial charge in [-0.2, -0.15) is 0 Å². The molecule has 1 N–H and O–H groups in total. The van der Waals surface area contributed by atoms with Crippen LogP contribution in [-0.4, -0.2) is 37.1 Å². The van der Waals surface area contributed by atoms with Crippen LogP contribution in [0.2, 0.25) is 0 Å². The highest BCUT2D eigenvalue weighted by Crippen LogP contribution is 2.25. The topological polar surface area (TPSA) is 41.6 Å². The fourth-order valence-electron chi connectivity index (χ4n) is 2.63. The van der Waals surface area contributed by atoms with Crippen molar-refractivity contribution in [2.45, 2.75) is 38.4 Å². The number of rotatable bonds is 7. The first kappa shape index (κ1) is 15.0. The first-order valence-electron chi connectivity index (χ1n) is 7.34. The number of unbranched alkanes of at least 4 members (excludes halogenated alkanes) is 2. The van der Waals surface area contributed by atoms with Crippen molar-refractivity contribution in [1.29, 1.82) is 0 Å². The number of methoxy groups -OCH3 is 1. The quantitative estimate of drug-likeness (QED) is 0.777. The van der Waals surface area contributed by atoms with E-state index in [4.69, 9.17) is 4.74 Å². The minimum atomic E-state index is -0.0980. The lowest BCUT2D eigenvalue weighted by Crippen LogP contribution is -2.31. The summed E-state index contributed by atoms with van der Waals surface area (Å²) in [5, 5.41) is 3.37. The molecule has 1 heterocycles. The molecule has 0 radical (unpaired) electrons. The van der Waals surface area contributed by atoms with Crippen LogP contribution in [0.1, 0.15) is 37.9 Å². The molecule has 0 spiro atoms. The SMILES string of the molecule is COCCCCCN1C(=O)C(C)NC1c1ccccc1. The van der Waals surface area contributed by atoms with Gasteiger partial charge in [-0.3, -0.25) is 10.1 Å². The van der Waals surface area contributed by atoms with Gasteiger partial charge in [-0.05, 0) is 31.7 Å². The maximum atomic E-state index is 12.2. The molecule has 1 aromatic rings. The van der Waals surface area contributed by atoms with E-state index in [1.54, 1.807) is 7.11 Å². The lowest BCUT2D eigenvalue weighted by atomic mass is 10.1. The molecular weight excluding hydrogens is 252 g/mol. The van der Waals surface area contributed by atoms with Crippen molar-refractivity contribution >= 4 is 5.91 Å². The second-order valence-electron chi connectivity index (χ2n) is 5.29. The molecule has 0 aromatic heterocycles. The molecule has 2 unspecified atom stereocenters. The van der Waals surface area contributed by atoms with Crippen LogP contribution in [0.15, 0.2) is 30.3 Å². The summed E-state index contributed by atoms with van der Waals surface area (Å²) in [6.07, 6.45) is 3.18. The van der Waals surface area contributed by atoms with Gasteiger partial charge in [0.15, 0.2) is 0 Å². The van der Waals surface area contributed by atoms with Gasteiger partial charge in [0, 0.05) is 20.3 Å². The summed E-state index contributed by atoms with van der Waals surface area (Å²) in [6.45, 7) is 3.54. The molecule has 0 aliphatic carbocycles. The number of nitrogens with zero attached hydrogens (tertiary/aromatic N) is 1. The van der Waals surface area contributed by atoms with Crippen LogP contribution >= 0.6 is 0 Å². The zero-order valence-corrected chi connectivity index (χ0v) is 12.3. The fraction of sp³-hybridized carbons (Fsp3) is 0.562. The van der Waals surface area contributed by atoms with Gasteiger partial charge < -0.3 is 9.64 Å². The van der Waals surface area contributed by atoms with Crippen molar-refractivity contribution in [3.8, 4) is 0 Å². The number of benzene rings is 1. The predicted molar refractivity (Wildman–Crippen MR) is 79.2 cm³/mol. The summed E-state index contributed by atoms with van der Waals surface area (Å²) in [5.74, 6) is 0.200. The van der Waals surface area contributed by atoms with Crippen molar-refractivity contribution in [2.24, 2.45) is 0 Å². The van der Waals surface area contributed by atoms with Gasteiger partial charge in [0.2, 0.25) is 5.91 Å². The van der Waals surface area contributed by atoms with Gasteiger partial charge in [0.05, 0.1) is 6.04 Å². The Balaban J connectivity index is 1.94. The van der Waals surface area contributed by atoms with Crippen molar-refractivity contribution in [3.05, 3.63) is 35.9 Å². The van der Waals surface area contributed by atoms with Crippen LogP contribution < -0.4 is 5.32 Å². The molecule has 1 fully saturated rings. The Morgan fingerprint density at radius 2 is 1.95 bits per heavy atom. The van der Waals surface area contributed by atoms with E-state index >= 15 is 0 Å². The van der Waals surface area contributed by atoms with Crippen molar-refractivity contribution in [3.63, 3.8) is 0 Å². The standard InChI is InChI=1S/C16H24N2O2/c1-13-16(19)18(11-7-4-8-12-20-2)15(17-13)14-9-5-3-6-10-14/h3,5-6,9-10,13,15,17H,4,7-8,11-12H2,1-2H3. The van der Waals surface area contributed by atoms with E-state index in [-0.39, 0.29) is 18.1 Å². The molecule has 2 rings (SSSR count). The fourth-order valence-corrected chi connectivity index (χ4v) is 2.63. The Hall–Kier alpha value is -1.39. The van der Waals surface area contributed by atoms with Crippen molar-refractivity contribution in [1.82, 2.24) is 10.2 Å². The third kappa shape index (κ3) is 3.58. The second kappa shape index (κ2) is 7.41. The molecular formula is C16H24N2O2. The van der Waals surface area contributed by atoms with E-state index in [9.17, 15) is 4.79 Å².